The Bertz CT molecular complexity index is 897. The third-order valence-electron chi connectivity index (χ3n) is 4.12. The molecule has 0 saturated carbocycles. The van der Waals surface area contributed by atoms with E-state index < -0.39 is 0 Å². The van der Waals surface area contributed by atoms with Crippen LogP contribution in [0, 0.1) is 20.8 Å². The van der Waals surface area contributed by atoms with E-state index in [4.69, 9.17) is 11.6 Å². The maximum atomic E-state index is 6.29. The second kappa shape index (κ2) is 9.10. The van der Waals surface area contributed by atoms with Crippen LogP contribution >= 0.6 is 22.9 Å². The van der Waals surface area contributed by atoms with E-state index in [0.29, 0.717) is 17.6 Å². The van der Waals surface area contributed by atoms with Crippen molar-refractivity contribution in [2.75, 3.05) is 17.2 Å². The first-order chi connectivity index (χ1) is 13.0. The average molecular weight is 403 g/mol. The van der Waals surface area contributed by atoms with Gasteiger partial charge in [0.1, 0.15) is 11.0 Å². The molecule has 0 aliphatic heterocycles. The summed E-state index contributed by atoms with van der Waals surface area (Å²) in [5, 5.41) is 8.14. The Kier molecular flexibility index (Phi) is 6.58. The predicted molar refractivity (Wildman–Crippen MR) is 112 cm³/mol. The summed E-state index contributed by atoms with van der Waals surface area (Å²) in [6.45, 7) is 7.38. The molecule has 0 radical (unpaired) electrons. The van der Waals surface area contributed by atoms with Crippen LogP contribution in [-0.4, -0.2) is 26.5 Å². The highest BCUT2D eigenvalue weighted by atomic mass is 35.5. The van der Waals surface area contributed by atoms with Crippen molar-refractivity contribution in [2.24, 2.45) is 0 Å². The normalized spacial score (nSPS) is 10.8. The molecule has 0 atom stereocenters. The van der Waals surface area contributed by atoms with E-state index in [0.717, 1.165) is 47.2 Å². The lowest BCUT2D eigenvalue weighted by Gasteiger charge is -2.12. The molecule has 0 aliphatic carbocycles. The monoisotopic (exact) mass is 402 g/mol. The van der Waals surface area contributed by atoms with Crippen molar-refractivity contribution in [3.05, 3.63) is 56.4 Å². The van der Waals surface area contributed by atoms with Crippen molar-refractivity contribution < 1.29 is 0 Å². The number of nitrogens with one attached hydrogen (secondary N) is 2. The zero-order valence-electron chi connectivity index (χ0n) is 15.7. The molecule has 0 bridgehead atoms. The number of thiazole rings is 1. The lowest BCUT2D eigenvalue weighted by Crippen LogP contribution is -2.10. The number of aromatic nitrogens is 4. The van der Waals surface area contributed by atoms with E-state index >= 15 is 0 Å². The molecule has 142 valence electrons. The lowest BCUT2D eigenvalue weighted by molar-refractivity contribution is 0.828. The number of pyridine rings is 1. The van der Waals surface area contributed by atoms with Gasteiger partial charge in [0.15, 0.2) is 0 Å². The molecule has 3 rings (SSSR count). The summed E-state index contributed by atoms with van der Waals surface area (Å²) in [5.74, 6) is 1.28. The SMILES string of the molecule is Cc1nc(C)c(CNc2nc(NCCCc3ccccn3)nc(Cl)c2C)s1. The smallest absolute Gasteiger partial charge is 0.226 e. The highest BCUT2D eigenvalue weighted by Crippen LogP contribution is 2.24. The van der Waals surface area contributed by atoms with Crippen molar-refractivity contribution in [1.82, 2.24) is 19.9 Å². The molecule has 0 saturated heterocycles. The Morgan fingerprint density at radius 3 is 2.63 bits per heavy atom. The summed E-state index contributed by atoms with van der Waals surface area (Å²) in [4.78, 5) is 18.9. The van der Waals surface area contributed by atoms with E-state index in [1.807, 2.05) is 45.2 Å². The second-order valence-electron chi connectivity index (χ2n) is 6.26. The molecule has 0 fully saturated rings. The lowest BCUT2D eigenvalue weighted by atomic mass is 10.2. The van der Waals surface area contributed by atoms with Gasteiger partial charge in [-0.25, -0.2) is 9.97 Å². The molecular formula is C19H23ClN6S. The highest BCUT2D eigenvalue weighted by Gasteiger charge is 2.11. The van der Waals surface area contributed by atoms with Gasteiger partial charge in [0.25, 0.3) is 0 Å². The first kappa shape index (κ1) is 19.5. The van der Waals surface area contributed by atoms with E-state index in [9.17, 15) is 0 Å². The van der Waals surface area contributed by atoms with E-state index in [1.165, 1.54) is 4.88 Å². The Hall–Kier alpha value is -2.25. The van der Waals surface area contributed by atoms with Crippen molar-refractivity contribution in [2.45, 2.75) is 40.2 Å². The fraction of sp³-hybridized carbons (Fsp3) is 0.368. The zero-order valence-corrected chi connectivity index (χ0v) is 17.3. The molecule has 0 spiro atoms. The average Bonchev–Trinajstić information content (AvgIpc) is 2.98. The van der Waals surface area contributed by atoms with Gasteiger partial charge >= 0.3 is 0 Å². The minimum atomic E-state index is 0.455. The number of anilines is 2. The quantitative estimate of drug-likeness (QED) is 0.424. The number of hydrogen-bond donors (Lipinski definition) is 2. The van der Waals surface area contributed by atoms with Gasteiger partial charge in [-0.2, -0.15) is 4.98 Å². The van der Waals surface area contributed by atoms with Crippen LogP contribution in [0.5, 0.6) is 0 Å². The number of nitrogens with zero attached hydrogens (tertiary/aromatic N) is 4. The van der Waals surface area contributed by atoms with Crippen LogP contribution in [-0.2, 0) is 13.0 Å². The maximum absolute atomic E-state index is 6.29. The zero-order chi connectivity index (χ0) is 19.2. The van der Waals surface area contributed by atoms with Gasteiger partial charge in [-0.15, -0.1) is 11.3 Å². The molecule has 8 heteroatoms. The van der Waals surface area contributed by atoms with Gasteiger partial charge < -0.3 is 10.6 Å². The van der Waals surface area contributed by atoms with Crippen molar-refractivity contribution in [1.29, 1.82) is 0 Å². The van der Waals surface area contributed by atoms with Crippen LogP contribution < -0.4 is 10.6 Å². The molecule has 0 aliphatic rings. The minimum absolute atomic E-state index is 0.455. The molecular weight excluding hydrogens is 380 g/mol. The third kappa shape index (κ3) is 5.37. The van der Waals surface area contributed by atoms with Gasteiger partial charge in [0.2, 0.25) is 5.95 Å². The Morgan fingerprint density at radius 1 is 1.07 bits per heavy atom. The molecule has 27 heavy (non-hydrogen) atoms. The van der Waals surface area contributed by atoms with Crippen LogP contribution in [0.15, 0.2) is 24.4 Å². The Morgan fingerprint density at radius 2 is 1.93 bits per heavy atom. The van der Waals surface area contributed by atoms with Crippen molar-refractivity contribution >= 4 is 34.7 Å². The number of rotatable bonds is 8. The molecule has 0 unspecified atom stereocenters. The van der Waals surface area contributed by atoms with Crippen LogP contribution in [0.4, 0.5) is 11.8 Å². The van der Waals surface area contributed by atoms with E-state index in [1.54, 1.807) is 11.3 Å². The van der Waals surface area contributed by atoms with Crippen LogP contribution in [0.2, 0.25) is 5.15 Å². The maximum Gasteiger partial charge on any atom is 0.226 e. The molecule has 3 aromatic rings. The summed E-state index contributed by atoms with van der Waals surface area (Å²) in [5.41, 5.74) is 2.98. The largest absolute Gasteiger partial charge is 0.365 e. The van der Waals surface area contributed by atoms with E-state index in [-0.39, 0.29) is 0 Å². The number of aryl methyl sites for hydroxylation is 3. The molecule has 2 N–H and O–H groups in total. The van der Waals surface area contributed by atoms with E-state index in [2.05, 4.69) is 30.6 Å². The minimum Gasteiger partial charge on any atom is -0.365 e. The van der Waals surface area contributed by atoms with Gasteiger partial charge in [-0.1, -0.05) is 17.7 Å². The van der Waals surface area contributed by atoms with Crippen molar-refractivity contribution in [3.63, 3.8) is 0 Å². The highest BCUT2D eigenvalue weighted by molar-refractivity contribution is 7.11. The van der Waals surface area contributed by atoms with Crippen molar-refractivity contribution in [3.8, 4) is 0 Å². The fourth-order valence-electron chi connectivity index (χ4n) is 2.66. The summed E-state index contributed by atoms with van der Waals surface area (Å²) >= 11 is 7.99. The number of hydrogen-bond acceptors (Lipinski definition) is 7. The molecule has 0 aromatic carbocycles. The van der Waals surface area contributed by atoms with Gasteiger partial charge in [0.05, 0.1) is 17.2 Å². The van der Waals surface area contributed by atoms with Gasteiger partial charge in [-0.05, 0) is 45.7 Å². The summed E-state index contributed by atoms with van der Waals surface area (Å²) < 4.78 is 0. The molecule has 3 aromatic heterocycles. The second-order valence-corrected chi connectivity index (χ2v) is 7.90. The van der Waals surface area contributed by atoms with Crippen LogP contribution in [0.1, 0.15) is 33.3 Å². The topological polar surface area (TPSA) is 75.6 Å². The standard InChI is InChI=1S/C19H23ClN6S/c1-12-17(20)25-19(22-10-6-8-15-7-4-5-9-21-15)26-18(12)23-11-16-13(2)24-14(3)27-16/h4-5,7,9H,6,8,10-11H2,1-3H3,(H2,22,23,25,26). The van der Waals surface area contributed by atoms with Gasteiger partial charge in [0, 0.05) is 28.9 Å². The number of halogens is 1. The van der Waals surface area contributed by atoms with Crippen LogP contribution in [0.25, 0.3) is 0 Å². The fourth-order valence-corrected chi connectivity index (χ4v) is 3.70. The molecule has 3 heterocycles. The summed E-state index contributed by atoms with van der Waals surface area (Å²) in [6.07, 6.45) is 3.66. The van der Waals surface area contributed by atoms with Gasteiger partial charge in [-0.3, -0.25) is 4.98 Å². The first-order valence-electron chi connectivity index (χ1n) is 8.87. The predicted octanol–water partition coefficient (Wildman–Crippen LogP) is 4.56. The Balaban J connectivity index is 1.58. The molecule has 0 amide bonds. The van der Waals surface area contributed by atoms with Crippen LogP contribution in [0.3, 0.4) is 0 Å². The Labute approximate surface area is 168 Å². The summed E-state index contributed by atoms with van der Waals surface area (Å²) in [6, 6.07) is 5.96. The summed E-state index contributed by atoms with van der Waals surface area (Å²) in [7, 11) is 0. The first-order valence-corrected chi connectivity index (χ1v) is 10.1. The third-order valence-corrected chi connectivity index (χ3v) is 5.56. The molecule has 6 nitrogen and oxygen atoms in total.